The molecule has 0 aliphatic heterocycles. The van der Waals surface area contributed by atoms with Gasteiger partial charge in [-0.05, 0) is 36.4 Å². The van der Waals surface area contributed by atoms with Crippen LogP contribution in [0.2, 0.25) is 5.02 Å². The number of halogens is 1. The standard InChI is InChI=1S/C15H11ClN2O2S/c16-12-4-6-13(7-5-12)18-21(19,20)15-3-1-2-11-10-17-9-8-14(11)15/h1-10,18H. The van der Waals surface area contributed by atoms with Gasteiger partial charge in [0.15, 0.2) is 0 Å². The van der Waals surface area contributed by atoms with E-state index >= 15 is 0 Å². The Bertz CT molecular complexity index is 888. The molecular formula is C15H11ClN2O2S. The van der Waals surface area contributed by atoms with Crippen molar-refractivity contribution in [3.8, 4) is 0 Å². The minimum absolute atomic E-state index is 0.220. The lowest BCUT2D eigenvalue weighted by molar-refractivity contribution is 0.602. The van der Waals surface area contributed by atoms with Gasteiger partial charge < -0.3 is 0 Å². The van der Waals surface area contributed by atoms with Gasteiger partial charge in [-0.1, -0.05) is 23.7 Å². The normalized spacial score (nSPS) is 11.5. The van der Waals surface area contributed by atoms with E-state index in [2.05, 4.69) is 9.71 Å². The lowest BCUT2D eigenvalue weighted by atomic mass is 10.2. The Morgan fingerprint density at radius 2 is 1.76 bits per heavy atom. The van der Waals surface area contributed by atoms with Crippen LogP contribution in [0.1, 0.15) is 0 Å². The Morgan fingerprint density at radius 1 is 1.00 bits per heavy atom. The maximum Gasteiger partial charge on any atom is 0.262 e. The molecule has 21 heavy (non-hydrogen) atoms. The minimum Gasteiger partial charge on any atom is -0.280 e. The predicted octanol–water partition coefficient (Wildman–Crippen LogP) is 3.69. The van der Waals surface area contributed by atoms with E-state index in [1.807, 2.05) is 6.07 Å². The molecule has 0 saturated carbocycles. The summed E-state index contributed by atoms with van der Waals surface area (Å²) in [4.78, 5) is 4.22. The molecule has 0 bridgehead atoms. The molecule has 3 aromatic rings. The van der Waals surface area contributed by atoms with Gasteiger partial charge in [0.1, 0.15) is 0 Å². The van der Waals surface area contributed by atoms with Crippen molar-refractivity contribution >= 4 is 38.1 Å². The van der Waals surface area contributed by atoms with Crippen LogP contribution in [0.5, 0.6) is 0 Å². The number of sulfonamides is 1. The number of anilines is 1. The Labute approximate surface area is 127 Å². The van der Waals surface area contributed by atoms with Crippen LogP contribution in [-0.2, 0) is 10.0 Å². The maximum atomic E-state index is 12.5. The summed E-state index contributed by atoms with van der Waals surface area (Å²) >= 11 is 5.79. The minimum atomic E-state index is -3.67. The molecule has 0 fully saturated rings. The summed E-state index contributed by atoms with van der Waals surface area (Å²) in [5, 5.41) is 1.96. The largest absolute Gasteiger partial charge is 0.280 e. The highest BCUT2D eigenvalue weighted by atomic mass is 35.5. The van der Waals surface area contributed by atoms with Gasteiger partial charge in [-0.25, -0.2) is 8.42 Å². The number of nitrogens with one attached hydrogen (secondary N) is 1. The first kappa shape index (κ1) is 13.9. The number of hydrogen-bond donors (Lipinski definition) is 1. The molecular weight excluding hydrogens is 308 g/mol. The maximum absolute atomic E-state index is 12.5. The summed E-state index contributed by atoms with van der Waals surface area (Å²) in [6.07, 6.45) is 3.21. The number of pyridine rings is 1. The summed E-state index contributed by atoms with van der Waals surface area (Å²) in [5.41, 5.74) is 0.463. The first-order valence-corrected chi connectivity index (χ1v) is 8.03. The fourth-order valence-corrected chi connectivity index (χ4v) is 3.47. The number of aromatic nitrogens is 1. The van der Waals surface area contributed by atoms with Crippen molar-refractivity contribution in [2.75, 3.05) is 4.72 Å². The molecule has 3 rings (SSSR count). The molecule has 0 aliphatic carbocycles. The number of nitrogens with zero attached hydrogens (tertiary/aromatic N) is 1. The zero-order chi connectivity index (χ0) is 14.9. The monoisotopic (exact) mass is 318 g/mol. The molecule has 106 valence electrons. The molecule has 0 saturated heterocycles. The van der Waals surface area contributed by atoms with E-state index in [1.165, 1.54) is 0 Å². The molecule has 1 heterocycles. The third-order valence-corrected chi connectivity index (χ3v) is 4.72. The first-order chi connectivity index (χ1) is 10.1. The van der Waals surface area contributed by atoms with E-state index in [-0.39, 0.29) is 4.90 Å². The van der Waals surface area contributed by atoms with E-state index in [0.717, 1.165) is 5.39 Å². The highest BCUT2D eigenvalue weighted by molar-refractivity contribution is 7.93. The van der Waals surface area contributed by atoms with Gasteiger partial charge in [-0.15, -0.1) is 0 Å². The highest BCUT2D eigenvalue weighted by Crippen LogP contribution is 2.24. The van der Waals surface area contributed by atoms with Gasteiger partial charge in [-0.3, -0.25) is 9.71 Å². The van der Waals surface area contributed by atoms with Gasteiger partial charge >= 0.3 is 0 Å². The van der Waals surface area contributed by atoms with E-state index in [0.29, 0.717) is 16.1 Å². The molecule has 0 atom stereocenters. The second-order valence-electron chi connectivity index (χ2n) is 4.47. The Hall–Kier alpha value is -2.11. The number of benzene rings is 2. The third kappa shape index (κ3) is 2.84. The molecule has 0 unspecified atom stereocenters. The van der Waals surface area contributed by atoms with Crippen molar-refractivity contribution in [2.24, 2.45) is 0 Å². The fourth-order valence-electron chi connectivity index (χ4n) is 2.06. The van der Waals surface area contributed by atoms with Gasteiger partial charge in [-0.2, -0.15) is 0 Å². The van der Waals surface area contributed by atoms with Crippen molar-refractivity contribution in [3.63, 3.8) is 0 Å². The SMILES string of the molecule is O=S(=O)(Nc1ccc(Cl)cc1)c1cccc2cnccc12. The highest BCUT2D eigenvalue weighted by Gasteiger charge is 2.17. The van der Waals surface area contributed by atoms with E-state index in [1.54, 1.807) is 54.9 Å². The van der Waals surface area contributed by atoms with Crippen LogP contribution in [0.4, 0.5) is 5.69 Å². The Kier molecular flexibility index (Phi) is 3.53. The smallest absolute Gasteiger partial charge is 0.262 e. The zero-order valence-corrected chi connectivity index (χ0v) is 12.4. The number of rotatable bonds is 3. The van der Waals surface area contributed by atoms with Gasteiger partial charge in [0.05, 0.1) is 4.90 Å². The second kappa shape index (κ2) is 5.35. The summed E-state index contributed by atoms with van der Waals surface area (Å²) in [6.45, 7) is 0. The van der Waals surface area contributed by atoms with E-state index < -0.39 is 10.0 Å². The van der Waals surface area contributed by atoms with Crippen LogP contribution in [0.25, 0.3) is 10.8 Å². The van der Waals surface area contributed by atoms with Crippen LogP contribution in [-0.4, -0.2) is 13.4 Å². The fraction of sp³-hybridized carbons (Fsp3) is 0. The predicted molar refractivity (Wildman–Crippen MR) is 84.0 cm³/mol. The van der Waals surface area contributed by atoms with Crippen molar-refractivity contribution in [1.82, 2.24) is 4.98 Å². The molecule has 2 aromatic carbocycles. The van der Waals surface area contributed by atoms with Crippen LogP contribution in [0.3, 0.4) is 0 Å². The van der Waals surface area contributed by atoms with Crippen molar-refractivity contribution in [1.29, 1.82) is 0 Å². The molecule has 4 nitrogen and oxygen atoms in total. The number of fused-ring (bicyclic) bond motifs is 1. The van der Waals surface area contributed by atoms with Crippen molar-refractivity contribution < 1.29 is 8.42 Å². The average Bonchev–Trinajstić information content (AvgIpc) is 2.49. The summed E-state index contributed by atoms with van der Waals surface area (Å²) < 4.78 is 27.6. The van der Waals surface area contributed by atoms with Crippen LogP contribution >= 0.6 is 11.6 Å². The molecule has 6 heteroatoms. The van der Waals surface area contributed by atoms with Gasteiger partial charge in [0.2, 0.25) is 0 Å². The summed E-state index contributed by atoms with van der Waals surface area (Å²) in [7, 11) is -3.67. The van der Waals surface area contributed by atoms with Gasteiger partial charge in [0, 0.05) is 33.9 Å². The Balaban J connectivity index is 2.06. The van der Waals surface area contributed by atoms with Crippen LogP contribution in [0, 0.1) is 0 Å². The zero-order valence-electron chi connectivity index (χ0n) is 10.8. The van der Waals surface area contributed by atoms with Crippen LogP contribution < -0.4 is 4.72 Å². The van der Waals surface area contributed by atoms with E-state index in [4.69, 9.17) is 11.6 Å². The lowest BCUT2D eigenvalue weighted by Crippen LogP contribution is -2.13. The van der Waals surface area contributed by atoms with Crippen LogP contribution in [0.15, 0.2) is 65.8 Å². The summed E-state index contributed by atoms with van der Waals surface area (Å²) in [5.74, 6) is 0. The molecule has 0 amide bonds. The van der Waals surface area contributed by atoms with Crippen molar-refractivity contribution in [2.45, 2.75) is 4.90 Å². The topological polar surface area (TPSA) is 59.1 Å². The second-order valence-corrected chi connectivity index (χ2v) is 6.55. The summed E-state index contributed by atoms with van der Waals surface area (Å²) in [6, 6.07) is 13.3. The molecule has 0 aliphatic rings. The van der Waals surface area contributed by atoms with Gasteiger partial charge in [0.25, 0.3) is 10.0 Å². The quantitative estimate of drug-likeness (QED) is 0.801. The average molecular weight is 319 g/mol. The first-order valence-electron chi connectivity index (χ1n) is 6.17. The molecule has 0 spiro atoms. The molecule has 1 aromatic heterocycles. The van der Waals surface area contributed by atoms with E-state index in [9.17, 15) is 8.42 Å². The number of hydrogen-bond acceptors (Lipinski definition) is 3. The van der Waals surface area contributed by atoms with Crippen molar-refractivity contribution in [3.05, 3.63) is 65.9 Å². The Morgan fingerprint density at radius 3 is 2.52 bits per heavy atom. The third-order valence-electron chi connectivity index (χ3n) is 3.03. The molecule has 0 radical (unpaired) electrons. The molecule has 1 N–H and O–H groups in total. The lowest BCUT2D eigenvalue weighted by Gasteiger charge is -2.10.